The summed E-state index contributed by atoms with van der Waals surface area (Å²) in [5.74, 6) is -0.386. The fraction of sp³-hybridized carbons (Fsp3) is 0.333. The average Bonchev–Trinajstić information content (AvgIpc) is 2.30. The molecule has 0 atom stereocenters. The Hall–Kier alpha value is -0.840. The molecule has 5 heteroatoms. The lowest BCUT2D eigenvalue weighted by Crippen LogP contribution is -2.02. The van der Waals surface area contributed by atoms with Crippen molar-refractivity contribution < 1.29 is 9.53 Å². The molecule has 1 heterocycles. The van der Waals surface area contributed by atoms with Gasteiger partial charge in [0.05, 0.1) is 7.11 Å². The van der Waals surface area contributed by atoms with E-state index in [4.69, 9.17) is 0 Å². The van der Waals surface area contributed by atoms with Crippen LogP contribution in [0.25, 0.3) is 0 Å². The van der Waals surface area contributed by atoms with Gasteiger partial charge in [-0.05, 0) is 22.9 Å². The van der Waals surface area contributed by atoms with Crippen LogP contribution in [-0.4, -0.2) is 23.3 Å². The van der Waals surface area contributed by atoms with Crippen molar-refractivity contribution in [3.63, 3.8) is 0 Å². The Morgan fingerprint density at radius 3 is 2.73 bits per heavy atom. The van der Waals surface area contributed by atoms with Crippen LogP contribution >= 0.6 is 15.9 Å². The number of aryl methyl sites for hydroxylation is 1. The fourth-order valence-corrected chi connectivity index (χ4v) is 1.29. The maximum Gasteiger partial charge on any atom is 0.342 e. The molecule has 0 aliphatic rings. The van der Waals surface area contributed by atoms with Gasteiger partial charge in [-0.25, -0.2) is 4.79 Å². The first-order valence-electron chi connectivity index (χ1n) is 2.95. The Balaban J connectivity index is 3.10. The first kappa shape index (κ1) is 8.26. The number of rotatable bonds is 1. The average molecular weight is 219 g/mol. The van der Waals surface area contributed by atoms with E-state index in [1.54, 1.807) is 6.92 Å². The summed E-state index contributed by atoms with van der Waals surface area (Å²) in [7, 11) is 1.33. The van der Waals surface area contributed by atoms with Gasteiger partial charge in [0, 0.05) is 5.69 Å². The minimum atomic E-state index is -0.386. The molecule has 60 valence electrons. The Bertz CT molecular complexity index is 263. The zero-order valence-electron chi connectivity index (χ0n) is 6.14. The summed E-state index contributed by atoms with van der Waals surface area (Å²) < 4.78 is 5.02. The minimum absolute atomic E-state index is 0.386. The van der Waals surface area contributed by atoms with Crippen LogP contribution in [-0.2, 0) is 4.74 Å². The van der Waals surface area contributed by atoms with E-state index in [1.165, 1.54) is 7.11 Å². The number of aromatic nitrogens is 2. The van der Waals surface area contributed by atoms with Gasteiger partial charge in [-0.15, -0.1) is 0 Å². The van der Waals surface area contributed by atoms with E-state index in [1.807, 2.05) is 0 Å². The summed E-state index contributed by atoms with van der Waals surface area (Å²) >= 11 is 3.12. The standard InChI is InChI=1S/C6H7BrN2O2/c1-3-4(6(10)11-2)5(7)9-8-3/h1-2H3,(H,8,9). The van der Waals surface area contributed by atoms with Gasteiger partial charge in [0.25, 0.3) is 0 Å². The van der Waals surface area contributed by atoms with Gasteiger partial charge in [-0.3, -0.25) is 5.10 Å². The molecule has 0 saturated carbocycles. The molecule has 0 aliphatic carbocycles. The topological polar surface area (TPSA) is 55.0 Å². The molecular formula is C6H7BrN2O2. The molecule has 0 fully saturated rings. The van der Waals surface area contributed by atoms with E-state index >= 15 is 0 Å². The second-order valence-electron chi connectivity index (χ2n) is 2.01. The summed E-state index contributed by atoms with van der Waals surface area (Å²) in [4.78, 5) is 11.0. The highest BCUT2D eigenvalue weighted by molar-refractivity contribution is 9.10. The molecule has 4 nitrogen and oxygen atoms in total. The molecule has 0 unspecified atom stereocenters. The van der Waals surface area contributed by atoms with Crippen molar-refractivity contribution in [2.24, 2.45) is 0 Å². The van der Waals surface area contributed by atoms with Gasteiger partial charge < -0.3 is 4.74 Å². The van der Waals surface area contributed by atoms with E-state index in [2.05, 4.69) is 30.9 Å². The first-order chi connectivity index (χ1) is 5.16. The number of H-pyrrole nitrogens is 1. The number of nitrogens with zero attached hydrogens (tertiary/aromatic N) is 1. The zero-order chi connectivity index (χ0) is 8.43. The Morgan fingerprint density at radius 1 is 1.73 bits per heavy atom. The number of aromatic amines is 1. The molecule has 11 heavy (non-hydrogen) atoms. The smallest absolute Gasteiger partial charge is 0.342 e. The highest BCUT2D eigenvalue weighted by Gasteiger charge is 2.15. The van der Waals surface area contributed by atoms with E-state index in [9.17, 15) is 4.79 Å². The number of halogens is 1. The Morgan fingerprint density at radius 2 is 2.36 bits per heavy atom. The summed E-state index contributed by atoms with van der Waals surface area (Å²) in [5.41, 5.74) is 1.15. The third-order valence-corrected chi connectivity index (χ3v) is 1.87. The molecule has 0 bridgehead atoms. The number of carbonyl (C=O) groups excluding carboxylic acids is 1. The van der Waals surface area contributed by atoms with E-state index in [-0.39, 0.29) is 5.97 Å². The van der Waals surface area contributed by atoms with Crippen LogP contribution in [0.3, 0.4) is 0 Å². The molecule has 0 amide bonds. The van der Waals surface area contributed by atoms with Crippen molar-refractivity contribution in [3.8, 4) is 0 Å². The van der Waals surface area contributed by atoms with Crippen molar-refractivity contribution in [3.05, 3.63) is 15.9 Å². The van der Waals surface area contributed by atoms with Crippen molar-refractivity contribution >= 4 is 21.9 Å². The first-order valence-corrected chi connectivity index (χ1v) is 3.75. The number of hydrogen-bond donors (Lipinski definition) is 1. The molecule has 1 rings (SSSR count). The van der Waals surface area contributed by atoms with Crippen molar-refractivity contribution in [1.29, 1.82) is 0 Å². The summed E-state index contributed by atoms with van der Waals surface area (Å²) in [6.07, 6.45) is 0. The largest absolute Gasteiger partial charge is 0.465 e. The summed E-state index contributed by atoms with van der Waals surface area (Å²) in [6, 6.07) is 0. The molecule has 1 aromatic rings. The quantitative estimate of drug-likeness (QED) is 0.723. The maximum absolute atomic E-state index is 11.0. The summed E-state index contributed by atoms with van der Waals surface area (Å²) in [6.45, 7) is 1.75. The third kappa shape index (κ3) is 1.42. The Kier molecular flexibility index (Phi) is 2.28. The van der Waals surface area contributed by atoms with Crippen LogP contribution in [0.5, 0.6) is 0 Å². The molecule has 1 aromatic heterocycles. The van der Waals surface area contributed by atoms with Gasteiger partial charge >= 0.3 is 5.97 Å². The highest BCUT2D eigenvalue weighted by Crippen LogP contribution is 2.16. The lowest BCUT2D eigenvalue weighted by molar-refractivity contribution is 0.0599. The van der Waals surface area contributed by atoms with E-state index in [0.29, 0.717) is 15.9 Å². The molecule has 0 radical (unpaired) electrons. The summed E-state index contributed by atoms with van der Waals surface area (Å²) in [5, 5.41) is 6.43. The van der Waals surface area contributed by atoms with Crippen LogP contribution in [0, 0.1) is 6.92 Å². The number of nitrogens with one attached hydrogen (secondary N) is 1. The predicted octanol–water partition coefficient (Wildman–Crippen LogP) is 1.27. The van der Waals surface area contributed by atoms with Gasteiger partial charge in [-0.2, -0.15) is 5.10 Å². The number of carbonyl (C=O) groups is 1. The van der Waals surface area contributed by atoms with E-state index < -0.39 is 0 Å². The molecule has 0 saturated heterocycles. The third-order valence-electron chi connectivity index (χ3n) is 1.29. The lowest BCUT2D eigenvalue weighted by atomic mass is 10.3. The number of ether oxygens (including phenoxy) is 1. The molecule has 0 aromatic carbocycles. The van der Waals surface area contributed by atoms with E-state index in [0.717, 1.165) is 0 Å². The van der Waals surface area contributed by atoms with Crippen LogP contribution in [0.1, 0.15) is 16.1 Å². The van der Waals surface area contributed by atoms with Gasteiger partial charge in [-0.1, -0.05) is 0 Å². The van der Waals surface area contributed by atoms with Crippen molar-refractivity contribution in [2.75, 3.05) is 7.11 Å². The normalized spacial score (nSPS) is 9.73. The highest BCUT2D eigenvalue weighted by atomic mass is 79.9. The molecule has 0 aliphatic heterocycles. The number of hydrogen-bond acceptors (Lipinski definition) is 3. The van der Waals surface area contributed by atoms with Crippen LogP contribution < -0.4 is 0 Å². The van der Waals surface area contributed by atoms with Crippen LogP contribution in [0.4, 0.5) is 0 Å². The monoisotopic (exact) mass is 218 g/mol. The van der Waals surface area contributed by atoms with Crippen molar-refractivity contribution in [1.82, 2.24) is 10.2 Å². The lowest BCUT2D eigenvalue weighted by Gasteiger charge is -1.95. The minimum Gasteiger partial charge on any atom is -0.465 e. The number of esters is 1. The van der Waals surface area contributed by atoms with Gasteiger partial charge in [0.1, 0.15) is 10.2 Å². The second-order valence-corrected chi connectivity index (χ2v) is 2.76. The van der Waals surface area contributed by atoms with Gasteiger partial charge in [0.2, 0.25) is 0 Å². The number of methoxy groups -OCH3 is 1. The molecular weight excluding hydrogens is 212 g/mol. The fourth-order valence-electron chi connectivity index (χ4n) is 0.739. The van der Waals surface area contributed by atoms with Gasteiger partial charge in [0.15, 0.2) is 0 Å². The van der Waals surface area contributed by atoms with Crippen molar-refractivity contribution in [2.45, 2.75) is 6.92 Å². The molecule has 1 N–H and O–H groups in total. The second kappa shape index (κ2) is 3.04. The SMILES string of the molecule is COC(=O)c1c(Br)n[nH]c1C. The van der Waals surface area contributed by atoms with Crippen LogP contribution in [0.2, 0.25) is 0 Å². The zero-order valence-corrected chi connectivity index (χ0v) is 7.73. The predicted molar refractivity (Wildman–Crippen MR) is 42.4 cm³/mol. The van der Waals surface area contributed by atoms with Crippen LogP contribution in [0.15, 0.2) is 4.60 Å². The maximum atomic E-state index is 11.0. The Labute approximate surface area is 72.1 Å². The molecule has 0 spiro atoms.